The van der Waals surface area contributed by atoms with Crippen LogP contribution >= 0.6 is 77.2 Å². The van der Waals surface area contributed by atoms with Crippen molar-refractivity contribution in [2.24, 2.45) is 0 Å². The zero-order chi connectivity index (χ0) is 35.4. The molecule has 2 aliphatic rings. The first-order valence-electron chi connectivity index (χ1n) is 18.1. The molecule has 0 aliphatic carbocycles. The number of carbonyl (C=O) groups excluding carboxylic acids is 2. The molecule has 266 valence electrons. The van der Waals surface area contributed by atoms with Crippen LogP contribution in [0.5, 0.6) is 0 Å². The van der Waals surface area contributed by atoms with Gasteiger partial charge in [0.1, 0.15) is 0 Å². The summed E-state index contributed by atoms with van der Waals surface area (Å²) in [6.45, 7) is 9.95. The molecule has 0 atom stereocenters. The number of fused-ring (bicyclic) bond motifs is 1. The maximum Gasteiger partial charge on any atom is 0.261 e. The molecule has 2 amide bonds. The number of nitrogens with zero attached hydrogens (tertiary/aromatic N) is 2. The molecule has 0 saturated heterocycles. The highest BCUT2D eigenvalue weighted by Crippen LogP contribution is 2.51. The number of rotatable bonds is 18. The summed E-state index contributed by atoms with van der Waals surface area (Å²) in [7, 11) is 0. The first kappa shape index (κ1) is 37.9. The lowest BCUT2D eigenvalue weighted by molar-refractivity contribution is -0.124. The largest absolute Gasteiger partial charge is 0.306 e. The molecule has 4 nitrogen and oxygen atoms in total. The highest BCUT2D eigenvalue weighted by Gasteiger charge is 2.49. The van der Waals surface area contributed by atoms with E-state index in [4.69, 9.17) is 0 Å². The Bertz CT molecular complexity index is 1730. The van der Waals surface area contributed by atoms with Crippen LogP contribution in [-0.4, -0.2) is 34.7 Å². The van der Waals surface area contributed by atoms with E-state index in [9.17, 15) is 9.59 Å². The van der Waals surface area contributed by atoms with Gasteiger partial charge in [0.05, 0.1) is 39.9 Å². The molecule has 10 heteroatoms. The third kappa shape index (κ3) is 8.05. The molecule has 0 bridgehead atoms. The number of hydrogen-bond acceptors (Lipinski definition) is 6. The summed E-state index contributed by atoms with van der Waals surface area (Å²) in [6, 6.07) is 13.0. The average molecular weight is 875 g/mol. The fraction of sp³-hybridized carbons (Fsp3) is 0.450. The van der Waals surface area contributed by atoms with E-state index in [-0.39, 0.29) is 11.8 Å². The quantitative estimate of drug-likeness (QED) is 0.0935. The first-order valence-corrected chi connectivity index (χ1v) is 22.9. The van der Waals surface area contributed by atoms with Gasteiger partial charge in [-0.3, -0.25) is 9.59 Å². The molecule has 0 aromatic carbocycles. The van der Waals surface area contributed by atoms with Gasteiger partial charge in [0, 0.05) is 32.6 Å². The number of aryl methyl sites for hydroxylation is 2. The van der Waals surface area contributed by atoms with Crippen molar-refractivity contribution in [3.63, 3.8) is 0 Å². The third-order valence-electron chi connectivity index (χ3n) is 9.53. The Morgan fingerprint density at radius 3 is 1.22 bits per heavy atom. The summed E-state index contributed by atoms with van der Waals surface area (Å²) in [6.07, 6.45) is 13.7. The second-order valence-corrected chi connectivity index (χ2v) is 20.3. The first-order chi connectivity index (χ1) is 24.2. The van der Waals surface area contributed by atoms with Gasteiger partial charge >= 0.3 is 0 Å². The van der Waals surface area contributed by atoms with Gasteiger partial charge in [-0.15, -0.1) is 45.3 Å². The van der Waals surface area contributed by atoms with Crippen LogP contribution in [0.2, 0.25) is 0 Å². The van der Waals surface area contributed by atoms with Crippen LogP contribution < -0.4 is 0 Å². The molecule has 6 rings (SSSR count). The number of hydrogen-bond donors (Lipinski definition) is 0. The van der Waals surface area contributed by atoms with Gasteiger partial charge in [-0.1, -0.05) is 78.1 Å². The van der Waals surface area contributed by atoms with Gasteiger partial charge in [0.2, 0.25) is 0 Å². The predicted molar refractivity (Wildman–Crippen MR) is 224 cm³/mol. The van der Waals surface area contributed by atoms with Crippen molar-refractivity contribution in [3.05, 3.63) is 76.0 Å². The van der Waals surface area contributed by atoms with Crippen molar-refractivity contribution in [2.75, 3.05) is 13.1 Å². The van der Waals surface area contributed by atoms with Crippen LogP contribution in [0.1, 0.15) is 112 Å². The fourth-order valence-corrected chi connectivity index (χ4v) is 12.2. The molecule has 4 aromatic rings. The Balaban J connectivity index is 1.41. The van der Waals surface area contributed by atoms with Crippen molar-refractivity contribution >= 4 is 100 Å². The molecule has 0 radical (unpaired) electrons. The minimum Gasteiger partial charge on any atom is -0.306 e. The predicted octanol–water partition coefficient (Wildman–Crippen LogP) is 13.9. The standard InChI is InChI=1S/C40H46Br2N2O2S4/c1-5-7-9-11-13-15-21-43-35(29-19-17-27(47-29)31-23-25(3)37(41)49-31)33-34(39(43)45)36(44(40(33)46)22-16-14-12-10-8-6-2)30-20-18-28(48-30)32-24-26(4)38(42)50-32/h17-20,23-24H,5-16,21-22H2,1-4H3. The molecule has 0 fully saturated rings. The van der Waals surface area contributed by atoms with Crippen molar-refractivity contribution in [1.82, 2.24) is 9.80 Å². The Labute approximate surface area is 330 Å². The van der Waals surface area contributed by atoms with E-state index in [1.165, 1.54) is 72.2 Å². The third-order valence-corrected chi connectivity index (χ3v) is 16.4. The highest BCUT2D eigenvalue weighted by atomic mass is 79.9. The lowest BCUT2D eigenvalue weighted by atomic mass is 10.1. The van der Waals surface area contributed by atoms with Gasteiger partial charge in [0.25, 0.3) is 11.8 Å². The van der Waals surface area contributed by atoms with Crippen molar-refractivity contribution in [3.8, 4) is 19.5 Å². The van der Waals surface area contributed by atoms with E-state index in [1.807, 2.05) is 9.80 Å². The van der Waals surface area contributed by atoms with Crippen molar-refractivity contribution < 1.29 is 9.59 Å². The summed E-state index contributed by atoms with van der Waals surface area (Å²) in [4.78, 5) is 40.1. The minimum absolute atomic E-state index is 0.0216. The second-order valence-electron chi connectivity index (χ2n) is 13.4. The summed E-state index contributed by atoms with van der Waals surface area (Å²) in [5.41, 5.74) is 5.25. The van der Waals surface area contributed by atoms with Crippen molar-refractivity contribution in [2.45, 2.75) is 105 Å². The molecule has 50 heavy (non-hydrogen) atoms. The lowest BCUT2D eigenvalue weighted by Crippen LogP contribution is -2.30. The number of carbonyl (C=O) groups is 2. The van der Waals surface area contributed by atoms with E-state index in [1.54, 1.807) is 45.3 Å². The molecule has 6 heterocycles. The SMILES string of the molecule is CCCCCCCCN1C(=O)C2=C(c3ccc(-c4cc(C)c(Br)s4)s3)N(CCCCCCCC)C(=O)C2=C1c1ccc(-c2cc(C)c(Br)s2)s1. The summed E-state index contributed by atoms with van der Waals surface area (Å²) in [5, 5.41) is 0. The van der Waals surface area contributed by atoms with Crippen LogP contribution in [0, 0.1) is 13.8 Å². The number of halogens is 2. The van der Waals surface area contributed by atoms with Crippen LogP contribution in [0.15, 0.2) is 55.1 Å². The molecule has 2 aliphatic heterocycles. The van der Waals surface area contributed by atoms with Crippen molar-refractivity contribution in [1.29, 1.82) is 0 Å². The van der Waals surface area contributed by atoms with Gasteiger partial charge in [-0.05, 0) is 106 Å². The smallest absolute Gasteiger partial charge is 0.261 e. The molecule has 0 spiro atoms. The fourth-order valence-electron chi connectivity index (χ4n) is 6.79. The second kappa shape index (κ2) is 17.3. The summed E-state index contributed by atoms with van der Waals surface area (Å²) < 4.78 is 2.27. The number of unbranched alkanes of at least 4 members (excludes halogenated alkanes) is 10. The molecular weight excluding hydrogens is 829 g/mol. The maximum atomic E-state index is 14.8. The summed E-state index contributed by atoms with van der Waals surface area (Å²) >= 11 is 14.2. The van der Waals surface area contributed by atoms with Gasteiger partial charge in [0.15, 0.2) is 0 Å². The minimum atomic E-state index is -0.0216. The Kier molecular flexibility index (Phi) is 13.1. The van der Waals surface area contributed by atoms with Crippen LogP contribution in [0.25, 0.3) is 30.9 Å². The lowest BCUT2D eigenvalue weighted by Gasteiger charge is -2.24. The topological polar surface area (TPSA) is 40.6 Å². The van der Waals surface area contributed by atoms with E-state index in [0.717, 1.165) is 64.2 Å². The van der Waals surface area contributed by atoms with Crippen LogP contribution in [0.4, 0.5) is 0 Å². The molecule has 4 aromatic heterocycles. The Hall–Kier alpha value is -1.82. The molecule has 0 saturated carbocycles. The number of thiophene rings is 4. The highest BCUT2D eigenvalue weighted by molar-refractivity contribution is 9.11. The van der Waals surface area contributed by atoms with Crippen LogP contribution in [0.3, 0.4) is 0 Å². The van der Waals surface area contributed by atoms with Gasteiger partial charge in [-0.25, -0.2) is 0 Å². The molecular formula is C40H46Br2N2O2S4. The van der Waals surface area contributed by atoms with Gasteiger partial charge in [-0.2, -0.15) is 0 Å². The van der Waals surface area contributed by atoms with E-state index < -0.39 is 0 Å². The Morgan fingerprint density at radius 1 is 0.500 bits per heavy atom. The summed E-state index contributed by atoms with van der Waals surface area (Å²) in [5.74, 6) is -0.0432. The normalized spacial score (nSPS) is 14.8. The number of amides is 2. The van der Waals surface area contributed by atoms with E-state index >= 15 is 0 Å². The Morgan fingerprint density at radius 2 is 0.860 bits per heavy atom. The van der Waals surface area contributed by atoms with E-state index in [2.05, 4.69) is 96.0 Å². The van der Waals surface area contributed by atoms with E-state index in [0.29, 0.717) is 24.2 Å². The molecule has 0 unspecified atom stereocenters. The molecule has 0 N–H and O–H groups in total. The average Bonchev–Trinajstić information content (AvgIpc) is 3.95. The maximum absolute atomic E-state index is 14.8. The zero-order valence-corrected chi connectivity index (χ0v) is 35.9. The van der Waals surface area contributed by atoms with Crippen LogP contribution in [-0.2, 0) is 9.59 Å². The van der Waals surface area contributed by atoms with Gasteiger partial charge < -0.3 is 9.80 Å². The monoisotopic (exact) mass is 872 g/mol. The zero-order valence-electron chi connectivity index (χ0n) is 29.5.